The molecule has 1 aromatic carbocycles. The first-order chi connectivity index (χ1) is 9.56. The van der Waals surface area contributed by atoms with Crippen LogP contribution in [0.2, 0.25) is 0 Å². The van der Waals surface area contributed by atoms with E-state index in [0.29, 0.717) is 18.7 Å². The van der Waals surface area contributed by atoms with Crippen molar-refractivity contribution in [1.82, 2.24) is 0 Å². The van der Waals surface area contributed by atoms with Crippen LogP contribution >= 0.6 is 0 Å². The number of benzene rings is 1. The Bertz CT molecular complexity index is 477. The number of anilines is 1. The van der Waals surface area contributed by atoms with Gasteiger partial charge in [-0.25, -0.2) is 0 Å². The first-order valence-corrected chi connectivity index (χ1v) is 6.75. The summed E-state index contributed by atoms with van der Waals surface area (Å²) in [5.41, 5.74) is 1.75. The molecule has 0 aliphatic carbocycles. The lowest BCUT2D eigenvalue weighted by Gasteiger charge is -2.22. The third kappa shape index (κ3) is 3.81. The number of hydrogen-bond donors (Lipinski definition) is 1. The van der Waals surface area contributed by atoms with Crippen molar-refractivity contribution in [2.75, 3.05) is 11.9 Å². The van der Waals surface area contributed by atoms with Crippen molar-refractivity contribution in [3.63, 3.8) is 0 Å². The maximum atomic E-state index is 12.2. The second-order valence-electron chi connectivity index (χ2n) is 5.09. The molecule has 0 spiro atoms. The largest absolute Gasteiger partial charge is 0.550 e. The van der Waals surface area contributed by atoms with Gasteiger partial charge in [0, 0.05) is 24.7 Å². The summed E-state index contributed by atoms with van der Waals surface area (Å²) in [6.07, 6.45) is 0.909. The Hall–Kier alpha value is -1.88. The predicted octanol–water partition coefficient (Wildman–Crippen LogP) is 0.869. The van der Waals surface area contributed by atoms with Crippen LogP contribution in [0.25, 0.3) is 0 Å². The first kappa shape index (κ1) is 14.5. The lowest BCUT2D eigenvalue weighted by molar-refractivity contribution is -0.307. The number of carbonyl (C=O) groups excluding carboxylic acids is 2. The zero-order valence-corrected chi connectivity index (χ0v) is 11.4. The summed E-state index contributed by atoms with van der Waals surface area (Å²) in [6, 6.07) is 7.35. The molecule has 0 aromatic heterocycles. The molecular weight excluding hydrogens is 258 g/mol. The topological polar surface area (TPSA) is 78.5 Å². The average molecular weight is 276 g/mol. The van der Waals surface area contributed by atoms with Crippen molar-refractivity contribution in [2.45, 2.75) is 32.3 Å². The Kier molecular flexibility index (Phi) is 4.74. The summed E-state index contributed by atoms with van der Waals surface area (Å²) < 4.78 is 5.44. The normalized spacial score (nSPS) is 19.6. The molecule has 0 saturated carbocycles. The van der Waals surface area contributed by atoms with Gasteiger partial charge in [0.25, 0.3) is 0 Å². The minimum absolute atomic E-state index is 0.317. The van der Waals surface area contributed by atoms with Crippen LogP contribution in [0.3, 0.4) is 0 Å². The molecule has 2 rings (SSSR count). The molecule has 2 atom stereocenters. The van der Waals surface area contributed by atoms with Gasteiger partial charge in [-0.2, -0.15) is 0 Å². The number of carbonyl (C=O) groups is 2. The summed E-state index contributed by atoms with van der Waals surface area (Å²) in [7, 11) is 0. The Morgan fingerprint density at radius 2 is 2.10 bits per heavy atom. The molecule has 20 heavy (non-hydrogen) atoms. The van der Waals surface area contributed by atoms with E-state index in [2.05, 4.69) is 5.32 Å². The van der Waals surface area contributed by atoms with Crippen LogP contribution in [0.1, 0.15) is 24.8 Å². The maximum Gasteiger partial charge on any atom is 0.230 e. The zero-order valence-electron chi connectivity index (χ0n) is 11.4. The van der Waals surface area contributed by atoms with E-state index >= 15 is 0 Å². The van der Waals surface area contributed by atoms with Gasteiger partial charge in [-0.3, -0.25) is 4.79 Å². The zero-order chi connectivity index (χ0) is 14.5. The van der Waals surface area contributed by atoms with Gasteiger partial charge in [-0.15, -0.1) is 0 Å². The number of hydrogen-bond acceptors (Lipinski definition) is 4. The lowest BCUT2D eigenvalue weighted by atomic mass is 9.95. The minimum Gasteiger partial charge on any atom is -0.550 e. The van der Waals surface area contributed by atoms with Gasteiger partial charge in [0.15, 0.2) is 0 Å². The Morgan fingerprint density at radius 3 is 2.65 bits per heavy atom. The van der Waals surface area contributed by atoms with E-state index in [9.17, 15) is 14.7 Å². The van der Waals surface area contributed by atoms with Crippen LogP contribution < -0.4 is 10.4 Å². The SMILES string of the molecule is Cc1ccc(NC(=O)[C@@H](CC(=O)[O-])[C@H]2CCCO2)cc1. The second kappa shape index (κ2) is 6.52. The summed E-state index contributed by atoms with van der Waals surface area (Å²) in [6.45, 7) is 2.53. The number of rotatable bonds is 5. The Labute approximate surface area is 117 Å². The molecule has 1 fully saturated rings. The Morgan fingerprint density at radius 1 is 1.40 bits per heavy atom. The van der Waals surface area contributed by atoms with Crippen LogP contribution in [0.4, 0.5) is 5.69 Å². The molecule has 0 bridgehead atoms. The smallest absolute Gasteiger partial charge is 0.230 e. The Balaban J connectivity index is 2.05. The fourth-order valence-electron chi connectivity index (χ4n) is 2.36. The molecule has 5 heteroatoms. The van der Waals surface area contributed by atoms with Gasteiger partial charge >= 0.3 is 0 Å². The van der Waals surface area contributed by atoms with E-state index in [-0.39, 0.29) is 18.4 Å². The molecule has 1 aliphatic rings. The molecule has 1 heterocycles. The summed E-state index contributed by atoms with van der Waals surface area (Å²) in [5, 5.41) is 13.6. The fourth-order valence-corrected chi connectivity index (χ4v) is 2.36. The van der Waals surface area contributed by atoms with E-state index in [1.807, 2.05) is 19.1 Å². The maximum absolute atomic E-state index is 12.2. The van der Waals surface area contributed by atoms with E-state index in [4.69, 9.17) is 4.74 Å². The van der Waals surface area contributed by atoms with Gasteiger partial charge in [0.1, 0.15) is 0 Å². The number of carboxylic acid groups (broad SMARTS) is 1. The van der Waals surface area contributed by atoms with Gasteiger partial charge in [0.2, 0.25) is 5.91 Å². The summed E-state index contributed by atoms with van der Waals surface area (Å²) in [5.74, 6) is -2.27. The van der Waals surface area contributed by atoms with Gasteiger partial charge in [0.05, 0.1) is 12.0 Å². The molecule has 1 aromatic rings. The predicted molar refractivity (Wildman–Crippen MR) is 71.9 cm³/mol. The summed E-state index contributed by atoms with van der Waals surface area (Å²) in [4.78, 5) is 23.1. The molecule has 108 valence electrons. The monoisotopic (exact) mass is 276 g/mol. The highest BCUT2D eigenvalue weighted by Gasteiger charge is 2.31. The molecule has 1 amide bonds. The third-order valence-corrected chi connectivity index (χ3v) is 3.46. The van der Waals surface area contributed by atoms with E-state index < -0.39 is 11.9 Å². The van der Waals surface area contributed by atoms with E-state index in [1.165, 1.54) is 0 Å². The van der Waals surface area contributed by atoms with E-state index in [0.717, 1.165) is 12.0 Å². The molecule has 1 saturated heterocycles. The molecule has 1 aliphatic heterocycles. The van der Waals surface area contributed by atoms with Crippen molar-refractivity contribution in [2.24, 2.45) is 5.92 Å². The molecule has 0 unspecified atom stereocenters. The van der Waals surface area contributed by atoms with Crippen LogP contribution in [0.15, 0.2) is 24.3 Å². The number of nitrogens with one attached hydrogen (secondary N) is 1. The highest BCUT2D eigenvalue weighted by Crippen LogP contribution is 2.24. The highest BCUT2D eigenvalue weighted by molar-refractivity contribution is 5.94. The quantitative estimate of drug-likeness (QED) is 0.865. The minimum atomic E-state index is -1.23. The molecule has 5 nitrogen and oxygen atoms in total. The molecule has 1 N–H and O–H groups in total. The van der Waals surface area contributed by atoms with Crippen LogP contribution in [-0.2, 0) is 14.3 Å². The standard InChI is InChI=1S/C15H19NO4/c1-10-4-6-11(7-5-10)16-15(19)12(9-14(17)18)13-3-2-8-20-13/h4-7,12-13H,2-3,8-9H2,1H3,(H,16,19)(H,17,18)/p-1/t12-,13+/m0/s1. The fraction of sp³-hybridized carbons (Fsp3) is 0.467. The lowest BCUT2D eigenvalue weighted by Crippen LogP contribution is -2.38. The van der Waals surface area contributed by atoms with Crippen molar-refractivity contribution < 1.29 is 19.4 Å². The average Bonchev–Trinajstić information content (AvgIpc) is 2.92. The second-order valence-corrected chi connectivity index (χ2v) is 5.09. The highest BCUT2D eigenvalue weighted by atomic mass is 16.5. The van der Waals surface area contributed by atoms with Crippen molar-refractivity contribution in [3.05, 3.63) is 29.8 Å². The molecule has 0 radical (unpaired) electrons. The van der Waals surface area contributed by atoms with Gasteiger partial charge in [-0.05, 0) is 31.9 Å². The third-order valence-electron chi connectivity index (χ3n) is 3.46. The number of amides is 1. The number of aliphatic carboxylic acids is 1. The van der Waals surface area contributed by atoms with Crippen LogP contribution in [-0.4, -0.2) is 24.6 Å². The number of carboxylic acids is 1. The number of ether oxygens (including phenoxy) is 1. The summed E-state index contributed by atoms with van der Waals surface area (Å²) >= 11 is 0. The van der Waals surface area contributed by atoms with Crippen molar-refractivity contribution >= 4 is 17.6 Å². The van der Waals surface area contributed by atoms with Crippen LogP contribution in [0.5, 0.6) is 0 Å². The van der Waals surface area contributed by atoms with Gasteiger partial charge < -0.3 is 20.0 Å². The van der Waals surface area contributed by atoms with Crippen molar-refractivity contribution in [1.29, 1.82) is 0 Å². The first-order valence-electron chi connectivity index (χ1n) is 6.75. The van der Waals surface area contributed by atoms with E-state index in [1.54, 1.807) is 12.1 Å². The number of aryl methyl sites for hydroxylation is 1. The molecular formula is C15H18NO4-. The van der Waals surface area contributed by atoms with Crippen LogP contribution in [0, 0.1) is 12.8 Å². The van der Waals surface area contributed by atoms with Crippen molar-refractivity contribution in [3.8, 4) is 0 Å². The van der Waals surface area contributed by atoms with Gasteiger partial charge in [-0.1, -0.05) is 17.7 Å².